The van der Waals surface area contributed by atoms with E-state index in [0.717, 1.165) is 12.1 Å². The lowest BCUT2D eigenvalue weighted by atomic mass is 10.2. The lowest BCUT2D eigenvalue weighted by Crippen LogP contribution is -2.25. The van der Waals surface area contributed by atoms with Gasteiger partial charge in [-0.2, -0.15) is 0 Å². The summed E-state index contributed by atoms with van der Waals surface area (Å²) >= 11 is 1.61. The second kappa shape index (κ2) is 4.90. The lowest BCUT2D eigenvalue weighted by molar-refractivity contribution is -0.286. The standard InChI is InChI=1S/C13H12F2N2O2S/c1-8-12(20-7-17-8)4-5-16-9-2-3-10-11(6-9)19-13(14,15)18-10/h2-3,6-7,16H,4-5H2,1H3. The van der Waals surface area contributed by atoms with Crippen molar-refractivity contribution >= 4 is 17.0 Å². The van der Waals surface area contributed by atoms with Crippen molar-refractivity contribution in [3.63, 3.8) is 0 Å². The van der Waals surface area contributed by atoms with Crippen molar-refractivity contribution in [3.8, 4) is 11.5 Å². The molecule has 0 bridgehead atoms. The highest BCUT2D eigenvalue weighted by atomic mass is 32.1. The van der Waals surface area contributed by atoms with Gasteiger partial charge in [0.15, 0.2) is 11.5 Å². The van der Waals surface area contributed by atoms with E-state index in [1.165, 1.54) is 17.0 Å². The van der Waals surface area contributed by atoms with E-state index in [2.05, 4.69) is 19.8 Å². The van der Waals surface area contributed by atoms with Gasteiger partial charge in [0.1, 0.15) is 0 Å². The molecule has 0 saturated carbocycles. The van der Waals surface area contributed by atoms with E-state index in [9.17, 15) is 8.78 Å². The lowest BCUT2D eigenvalue weighted by Gasteiger charge is -2.06. The summed E-state index contributed by atoms with van der Waals surface area (Å²) in [5, 5.41) is 3.17. The first kappa shape index (κ1) is 13.1. The molecule has 0 spiro atoms. The van der Waals surface area contributed by atoms with Crippen LogP contribution >= 0.6 is 11.3 Å². The Morgan fingerprint density at radius 1 is 1.30 bits per heavy atom. The van der Waals surface area contributed by atoms with Crippen LogP contribution in [0, 0.1) is 6.92 Å². The smallest absolute Gasteiger partial charge is 0.395 e. The zero-order chi connectivity index (χ0) is 14.2. The van der Waals surface area contributed by atoms with Gasteiger partial charge >= 0.3 is 6.29 Å². The Morgan fingerprint density at radius 3 is 2.85 bits per heavy atom. The molecule has 1 aliphatic rings. The Hall–Kier alpha value is -1.89. The van der Waals surface area contributed by atoms with Crippen molar-refractivity contribution in [2.75, 3.05) is 11.9 Å². The van der Waals surface area contributed by atoms with Crippen molar-refractivity contribution in [1.29, 1.82) is 0 Å². The minimum Gasteiger partial charge on any atom is -0.395 e. The van der Waals surface area contributed by atoms with Crippen LogP contribution in [0.15, 0.2) is 23.7 Å². The molecule has 0 radical (unpaired) electrons. The van der Waals surface area contributed by atoms with Crippen LogP contribution in [-0.2, 0) is 6.42 Å². The van der Waals surface area contributed by atoms with Gasteiger partial charge in [-0.15, -0.1) is 20.1 Å². The fourth-order valence-corrected chi connectivity index (χ4v) is 2.73. The third kappa shape index (κ3) is 2.67. The third-order valence-corrected chi connectivity index (χ3v) is 3.92. The van der Waals surface area contributed by atoms with Crippen LogP contribution < -0.4 is 14.8 Å². The number of nitrogens with one attached hydrogen (secondary N) is 1. The van der Waals surface area contributed by atoms with Crippen LogP contribution in [-0.4, -0.2) is 17.8 Å². The molecule has 1 N–H and O–H groups in total. The molecule has 0 amide bonds. The molecule has 0 atom stereocenters. The zero-order valence-electron chi connectivity index (χ0n) is 10.7. The Bertz CT molecular complexity index is 631. The van der Waals surface area contributed by atoms with Crippen LogP contribution in [0.4, 0.5) is 14.5 Å². The average molecular weight is 298 g/mol. The highest BCUT2D eigenvalue weighted by Crippen LogP contribution is 2.42. The number of aryl methyl sites for hydroxylation is 1. The molecule has 1 aliphatic heterocycles. The van der Waals surface area contributed by atoms with E-state index in [4.69, 9.17) is 0 Å². The number of hydrogen-bond donors (Lipinski definition) is 1. The Balaban J connectivity index is 1.61. The quantitative estimate of drug-likeness (QED) is 0.939. The number of aromatic nitrogens is 1. The number of benzene rings is 1. The molecule has 1 aromatic heterocycles. The zero-order valence-corrected chi connectivity index (χ0v) is 11.5. The molecule has 4 nitrogen and oxygen atoms in total. The van der Waals surface area contributed by atoms with Crippen LogP contribution in [0.3, 0.4) is 0 Å². The maximum Gasteiger partial charge on any atom is 0.586 e. The number of halogens is 2. The van der Waals surface area contributed by atoms with Gasteiger partial charge < -0.3 is 14.8 Å². The van der Waals surface area contributed by atoms with Gasteiger partial charge in [-0.25, -0.2) is 4.98 Å². The number of thiazole rings is 1. The van der Waals surface area contributed by atoms with Gasteiger partial charge in [0.2, 0.25) is 0 Å². The number of nitrogens with zero attached hydrogens (tertiary/aromatic N) is 1. The van der Waals surface area contributed by atoms with Crippen LogP contribution in [0.5, 0.6) is 11.5 Å². The summed E-state index contributed by atoms with van der Waals surface area (Å²) in [5.41, 5.74) is 3.56. The summed E-state index contributed by atoms with van der Waals surface area (Å²) < 4.78 is 34.5. The van der Waals surface area contributed by atoms with Gasteiger partial charge in [0, 0.05) is 29.6 Å². The number of fused-ring (bicyclic) bond motifs is 1. The van der Waals surface area contributed by atoms with Crippen molar-refractivity contribution in [2.24, 2.45) is 0 Å². The van der Waals surface area contributed by atoms with Crippen LogP contribution in [0.1, 0.15) is 10.6 Å². The van der Waals surface area contributed by atoms with Crippen molar-refractivity contribution < 1.29 is 18.3 Å². The molecular weight excluding hydrogens is 286 g/mol. The van der Waals surface area contributed by atoms with Gasteiger partial charge in [0.25, 0.3) is 0 Å². The largest absolute Gasteiger partial charge is 0.586 e. The van der Waals surface area contributed by atoms with Gasteiger partial charge in [-0.05, 0) is 19.1 Å². The molecule has 0 aliphatic carbocycles. The van der Waals surface area contributed by atoms with Gasteiger partial charge in [0.05, 0.1) is 11.2 Å². The van der Waals surface area contributed by atoms with E-state index in [1.807, 2.05) is 12.4 Å². The fourth-order valence-electron chi connectivity index (χ4n) is 1.95. The van der Waals surface area contributed by atoms with Gasteiger partial charge in [-0.1, -0.05) is 0 Å². The number of alkyl halides is 2. The number of rotatable bonds is 4. The molecule has 0 saturated heterocycles. The van der Waals surface area contributed by atoms with E-state index >= 15 is 0 Å². The summed E-state index contributed by atoms with van der Waals surface area (Å²) in [4.78, 5) is 5.39. The molecule has 20 heavy (non-hydrogen) atoms. The first-order chi connectivity index (χ1) is 9.53. The SMILES string of the molecule is Cc1ncsc1CCNc1ccc2c(c1)OC(F)(F)O2. The van der Waals surface area contributed by atoms with Crippen LogP contribution in [0.25, 0.3) is 0 Å². The predicted octanol–water partition coefficient (Wildman–Crippen LogP) is 3.43. The number of anilines is 1. The maximum atomic E-state index is 12.9. The van der Waals surface area contributed by atoms with Crippen LogP contribution in [0.2, 0.25) is 0 Å². The fraction of sp³-hybridized carbons (Fsp3) is 0.308. The average Bonchev–Trinajstić information content (AvgIpc) is 2.91. The Labute approximate surface area is 118 Å². The van der Waals surface area contributed by atoms with Crippen molar-refractivity contribution in [3.05, 3.63) is 34.3 Å². The molecule has 2 heterocycles. The summed E-state index contributed by atoms with van der Waals surface area (Å²) in [5.74, 6) is 0.104. The first-order valence-electron chi connectivity index (χ1n) is 6.06. The van der Waals surface area contributed by atoms with Crippen molar-refractivity contribution in [1.82, 2.24) is 4.98 Å². The summed E-state index contributed by atoms with van der Waals surface area (Å²) in [7, 11) is 0. The molecule has 0 fully saturated rings. The van der Waals surface area contributed by atoms with Crippen molar-refractivity contribution in [2.45, 2.75) is 19.6 Å². The van der Waals surface area contributed by atoms with E-state index < -0.39 is 6.29 Å². The number of ether oxygens (including phenoxy) is 2. The number of hydrogen-bond acceptors (Lipinski definition) is 5. The minimum absolute atomic E-state index is 0.0500. The molecule has 2 aromatic rings. The molecule has 7 heteroatoms. The van der Waals surface area contributed by atoms with Gasteiger partial charge in [-0.3, -0.25) is 0 Å². The second-order valence-corrected chi connectivity index (χ2v) is 5.31. The summed E-state index contributed by atoms with van der Waals surface area (Å²) in [6.45, 7) is 2.66. The first-order valence-corrected chi connectivity index (χ1v) is 6.94. The highest BCUT2D eigenvalue weighted by Gasteiger charge is 2.43. The van der Waals surface area contributed by atoms with E-state index in [1.54, 1.807) is 17.4 Å². The second-order valence-electron chi connectivity index (χ2n) is 4.37. The summed E-state index contributed by atoms with van der Waals surface area (Å²) in [6, 6.07) is 4.66. The Kier molecular flexibility index (Phi) is 3.21. The summed E-state index contributed by atoms with van der Waals surface area (Å²) in [6.07, 6.45) is -2.73. The van der Waals surface area contributed by atoms with E-state index in [0.29, 0.717) is 12.2 Å². The molecule has 0 unspecified atom stereocenters. The topological polar surface area (TPSA) is 43.4 Å². The minimum atomic E-state index is -3.57. The molecule has 3 rings (SSSR count). The molecule has 106 valence electrons. The monoisotopic (exact) mass is 298 g/mol. The van der Waals surface area contributed by atoms with E-state index in [-0.39, 0.29) is 11.5 Å². The predicted molar refractivity (Wildman–Crippen MR) is 71.7 cm³/mol. The Morgan fingerprint density at radius 2 is 2.10 bits per heavy atom. The third-order valence-electron chi connectivity index (χ3n) is 2.93. The normalized spacial score (nSPS) is 15.3. The maximum absolute atomic E-state index is 12.9. The molecular formula is C13H12F2N2O2S. The molecule has 1 aromatic carbocycles. The highest BCUT2D eigenvalue weighted by molar-refractivity contribution is 7.09.